The van der Waals surface area contributed by atoms with Crippen molar-refractivity contribution in [3.8, 4) is 5.75 Å². The molecule has 2 heterocycles. The topological polar surface area (TPSA) is 80.0 Å². The predicted octanol–water partition coefficient (Wildman–Crippen LogP) is 5.98. The summed E-state index contributed by atoms with van der Waals surface area (Å²) in [5.41, 5.74) is 1.97. The number of piperidine rings is 1. The van der Waals surface area contributed by atoms with Crippen molar-refractivity contribution in [2.75, 3.05) is 6.54 Å². The maximum Gasteiger partial charge on any atom is 0.336 e. The number of aliphatic hydroxyl groups is 1. The highest BCUT2D eigenvalue weighted by atomic mass is 35.5. The van der Waals surface area contributed by atoms with Gasteiger partial charge in [-0.3, -0.25) is 4.79 Å². The Balaban J connectivity index is 1.49. The summed E-state index contributed by atoms with van der Waals surface area (Å²) in [6.07, 6.45) is 4.08. The van der Waals surface area contributed by atoms with E-state index in [0.717, 1.165) is 47.8 Å². The number of aryl methyl sites for hydroxylation is 2. The number of rotatable bonds is 5. The van der Waals surface area contributed by atoms with E-state index in [1.165, 1.54) is 6.07 Å². The van der Waals surface area contributed by atoms with Gasteiger partial charge in [-0.1, -0.05) is 43.5 Å². The van der Waals surface area contributed by atoms with Gasteiger partial charge in [0.25, 0.3) is 5.91 Å². The number of fused-ring (bicyclic) bond motifs is 2. The van der Waals surface area contributed by atoms with E-state index < -0.39 is 17.3 Å². The van der Waals surface area contributed by atoms with Gasteiger partial charge in [0.2, 0.25) is 0 Å². The molecule has 0 spiro atoms. The molecule has 2 aromatic carbocycles. The largest absolute Gasteiger partial charge is 0.480 e. The monoisotopic (exact) mass is 523 g/mol. The third-order valence-electron chi connectivity index (χ3n) is 8.13. The molecule has 1 aliphatic carbocycles. The molecule has 196 valence electrons. The second-order valence-electron chi connectivity index (χ2n) is 10.6. The predicted molar refractivity (Wildman–Crippen MR) is 144 cm³/mol. The van der Waals surface area contributed by atoms with Gasteiger partial charge in [0.1, 0.15) is 11.3 Å². The molecule has 0 radical (unpaired) electrons. The van der Waals surface area contributed by atoms with Gasteiger partial charge in [0, 0.05) is 23.6 Å². The van der Waals surface area contributed by atoms with Crippen molar-refractivity contribution in [2.24, 2.45) is 5.92 Å². The number of amides is 1. The zero-order valence-electron chi connectivity index (χ0n) is 21.6. The van der Waals surface area contributed by atoms with Gasteiger partial charge in [-0.05, 0) is 80.5 Å². The summed E-state index contributed by atoms with van der Waals surface area (Å²) in [4.78, 5) is 27.9. The van der Waals surface area contributed by atoms with Gasteiger partial charge in [-0.25, -0.2) is 4.79 Å². The summed E-state index contributed by atoms with van der Waals surface area (Å²) < 4.78 is 11.8. The van der Waals surface area contributed by atoms with Crippen LogP contribution in [-0.4, -0.2) is 34.2 Å². The molecule has 1 saturated carbocycles. The van der Waals surface area contributed by atoms with Crippen molar-refractivity contribution in [1.82, 2.24) is 4.90 Å². The van der Waals surface area contributed by atoms with Crippen molar-refractivity contribution in [3.63, 3.8) is 0 Å². The number of halogens is 1. The van der Waals surface area contributed by atoms with Crippen LogP contribution in [-0.2, 0) is 11.2 Å². The van der Waals surface area contributed by atoms with Crippen LogP contribution < -0.4 is 10.4 Å². The van der Waals surface area contributed by atoms with E-state index in [1.54, 1.807) is 6.92 Å². The smallest absolute Gasteiger partial charge is 0.336 e. The number of benzene rings is 2. The minimum absolute atomic E-state index is 0.0481. The first-order chi connectivity index (χ1) is 17.7. The fourth-order valence-electron chi connectivity index (χ4n) is 6.32. The Hall–Kier alpha value is -2.83. The Labute approximate surface area is 222 Å². The van der Waals surface area contributed by atoms with Gasteiger partial charge in [0.15, 0.2) is 6.10 Å². The maximum absolute atomic E-state index is 14.0. The second kappa shape index (κ2) is 10.1. The number of ether oxygens (including phenoxy) is 1. The number of nitrogens with zero attached hydrogens (tertiary/aromatic N) is 1. The Bertz CT molecular complexity index is 1370. The average molecular weight is 524 g/mol. The summed E-state index contributed by atoms with van der Waals surface area (Å²) in [6, 6.07) is 12.5. The van der Waals surface area contributed by atoms with Crippen LogP contribution in [0.4, 0.5) is 0 Å². The summed E-state index contributed by atoms with van der Waals surface area (Å²) in [5, 5.41) is 12.9. The van der Waals surface area contributed by atoms with Crippen LogP contribution in [0.5, 0.6) is 5.75 Å². The van der Waals surface area contributed by atoms with Crippen LogP contribution in [0.1, 0.15) is 68.7 Å². The highest BCUT2D eigenvalue weighted by Gasteiger charge is 2.50. The van der Waals surface area contributed by atoms with Crippen LogP contribution >= 0.6 is 11.6 Å². The fourth-order valence-corrected chi connectivity index (χ4v) is 6.44. The molecule has 1 aliphatic heterocycles. The first-order valence-corrected chi connectivity index (χ1v) is 13.6. The normalized spacial score (nSPS) is 24.5. The lowest BCUT2D eigenvalue weighted by molar-refractivity contribution is -0.161. The van der Waals surface area contributed by atoms with Crippen LogP contribution in [0.2, 0.25) is 5.02 Å². The standard InChI is InChI=1S/C30H34ClNO5/c1-4-20-17-26(33)37-25-16-18(2)15-24(27(20)25)36-19(3)29(34)32-14-13-30(35)12-6-5-7-23(30)28(32)21-8-10-22(31)11-9-21/h8-11,15-17,19,23,28,35H,4-7,12-14H2,1-3H3/t19-,23-,28-,30+/m0/s1. The first kappa shape index (κ1) is 25.8. The second-order valence-corrected chi connectivity index (χ2v) is 11.0. The Morgan fingerprint density at radius 1 is 1.22 bits per heavy atom. The highest BCUT2D eigenvalue weighted by molar-refractivity contribution is 6.30. The van der Waals surface area contributed by atoms with Crippen LogP contribution in [0.3, 0.4) is 0 Å². The zero-order valence-corrected chi connectivity index (χ0v) is 22.4. The van der Waals surface area contributed by atoms with Crippen LogP contribution in [0.25, 0.3) is 11.0 Å². The molecular formula is C30H34ClNO5. The van der Waals surface area contributed by atoms with Crippen LogP contribution in [0.15, 0.2) is 51.7 Å². The lowest BCUT2D eigenvalue weighted by Gasteiger charge is -2.53. The van der Waals surface area contributed by atoms with E-state index in [0.29, 0.717) is 35.7 Å². The molecule has 5 rings (SSSR count). The summed E-state index contributed by atoms with van der Waals surface area (Å²) in [6.45, 7) is 6.10. The molecular weight excluding hydrogens is 490 g/mol. The number of hydrogen-bond donors (Lipinski definition) is 1. The number of carbonyl (C=O) groups excluding carboxylic acids is 1. The van der Waals surface area contributed by atoms with E-state index in [-0.39, 0.29) is 17.9 Å². The average Bonchev–Trinajstić information content (AvgIpc) is 2.87. The molecule has 1 N–H and O–H groups in total. The van der Waals surface area contributed by atoms with Gasteiger partial charge >= 0.3 is 5.63 Å². The minimum atomic E-state index is -0.774. The summed E-state index contributed by atoms with van der Waals surface area (Å²) >= 11 is 6.17. The molecule has 6 nitrogen and oxygen atoms in total. The molecule has 0 unspecified atom stereocenters. The van der Waals surface area contributed by atoms with Gasteiger partial charge < -0.3 is 19.2 Å². The van der Waals surface area contributed by atoms with Crippen molar-refractivity contribution in [2.45, 2.75) is 77.0 Å². The first-order valence-electron chi connectivity index (χ1n) is 13.2. The Morgan fingerprint density at radius 2 is 1.97 bits per heavy atom. The van der Waals surface area contributed by atoms with Crippen molar-refractivity contribution >= 4 is 28.5 Å². The Kier molecular flexibility index (Phi) is 7.08. The van der Waals surface area contributed by atoms with Crippen molar-refractivity contribution < 1.29 is 19.1 Å². The molecule has 2 fully saturated rings. The van der Waals surface area contributed by atoms with Crippen molar-refractivity contribution in [1.29, 1.82) is 0 Å². The Morgan fingerprint density at radius 3 is 2.70 bits per heavy atom. The van der Waals surface area contributed by atoms with Gasteiger partial charge in [-0.2, -0.15) is 0 Å². The molecule has 4 atom stereocenters. The van der Waals surface area contributed by atoms with E-state index in [1.807, 2.05) is 55.1 Å². The third kappa shape index (κ3) is 4.89. The number of likely N-dealkylation sites (tertiary alicyclic amines) is 1. The maximum atomic E-state index is 14.0. The number of carbonyl (C=O) groups is 1. The lowest BCUT2D eigenvalue weighted by atomic mass is 9.66. The molecule has 37 heavy (non-hydrogen) atoms. The van der Waals surface area contributed by atoms with Crippen molar-refractivity contribution in [3.05, 3.63) is 74.6 Å². The minimum Gasteiger partial charge on any atom is -0.480 e. The molecule has 2 aliphatic rings. The quantitative estimate of drug-likeness (QED) is 0.416. The highest BCUT2D eigenvalue weighted by Crippen LogP contribution is 2.49. The molecule has 1 saturated heterocycles. The van der Waals surface area contributed by atoms with E-state index >= 15 is 0 Å². The van der Waals surface area contributed by atoms with E-state index in [4.69, 9.17) is 20.8 Å². The summed E-state index contributed by atoms with van der Waals surface area (Å²) in [7, 11) is 0. The fraction of sp³-hybridized carbons (Fsp3) is 0.467. The molecule has 1 amide bonds. The number of hydrogen-bond acceptors (Lipinski definition) is 5. The summed E-state index contributed by atoms with van der Waals surface area (Å²) in [5.74, 6) is 0.358. The van der Waals surface area contributed by atoms with Crippen LogP contribution in [0, 0.1) is 12.8 Å². The SMILES string of the molecule is CCc1cc(=O)oc2cc(C)cc(O[C@@H](C)C(=O)N3CC[C@]4(O)CCCC[C@H]4[C@@H]3c3ccc(Cl)cc3)c12. The molecule has 3 aromatic rings. The molecule has 1 aromatic heterocycles. The third-order valence-corrected chi connectivity index (χ3v) is 8.38. The molecule has 0 bridgehead atoms. The van der Waals surface area contributed by atoms with E-state index in [9.17, 15) is 14.7 Å². The van der Waals surface area contributed by atoms with Gasteiger partial charge in [-0.15, -0.1) is 0 Å². The van der Waals surface area contributed by atoms with Gasteiger partial charge in [0.05, 0.1) is 17.0 Å². The van der Waals surface area contributed by atoms with E-state index in [2.05, 4.69) is 0 Å². The lowest BCUT2D eigenvalue weighted by Crippen LogP contribution is -2.58. The zero-order chi connectivity index (χ0) is 26.3. The molecule has 7 heteroatoms.